The number of halogens is 4. The molecule has 0 spiro atoms. The molecule has 1 aromatic heterocycles. The Kier molecular flexibility index (Phi) is 5.89. The number of benzene rings is 2. The maximum atomic E-state index is 14.4. The molecular formula is C23H22F4N2O2. The summed E-state index contributed by atoms with van der Waals surface area (Å²) in [6, 6.07) is 9.95. The largest absolute Gasteiger partial charge is 0.573 e. The van der Waals surface area contributed by atoms with Gasteiger partial charge in [0.25, 0.3) is 5.91 Å². The van der Waals surface area contributed by atoms with Crippen molar-refractivity contribution in [1.29, 1.82) is 0 Å². The average Bonchev–Trinajstić information content (AvgIpc) is 3.14. The third kappa shape index (κ3) is 5.00. The Hall–Kier alpha value is -3.03. The van der Waals surface area contributed by atoms with Crippen LogP contribution in [-0.4, -0.2) is 22.9 Å². The first-order valence-corrected chi connectivity index (χ1v) is 10.2. The van der Waals surface area contributed by atoms with Gasteiger partial charge in [-0.25, -0.2) is 4.39 Å². The van der Waals surface area contributed by atoms with Crippen LogP contribution in [0.3, 0.4) is 0 Å². The number of aromatic nitrogens is 1. The predicted octanol–water partition coefficient (Wildman–Crippen LogP) is 5.79. The number of fused-ring (bicyclic) bond motifs is 1. The van der Waals surface area contributed by atoms with E-state index >= 15 is 0 Å². The fraction of sp³-hybridized carbons (Fsp3) is 0.348. The van der Waals surface area contributed by atoms with E-state index in [4.69, 9.17) is 0 Å². The highest BCUT2D eigenvalue weighted by molar-refractivity contribution is 6.06. The monoisotopic (exact) mass is 434 g/mol. The predicted molar refractivity (Wildman–Crippen MR) is 108 cm³/mol. The van der Waals surface area contributed by atoms with Crippen LogP contribution in [0, 0.1) is 5.82 Å². The topological polar surface area (TPSA) is 43.3 Å². The summed E-state index contributed by atoms with van der Waals surface area (Å²) in [5, 5.41) is 3.39. The van der Waals surface area contributed by atoms with E-state index in [-0.39, 0.29) is 24.2 Å². The van der Waals surface area contributed by atoms with Crippen molar-refractivity contribution in [2.75, 3.05) is 0 Å². The molecule has 164 valence electrons. The summed E-state index contributed by atoms with van der Waals surface area (Å²) in [7, 11) is 0. The molecule has 1 amide bonds. The quantitative estimate of drug-likeness (QED) is 0.517. The van der Waals surface area contributed by atoms with E-state index in [9.17, 15) is 22.4 Å². The molecule has 0 unspecified atom stereocenters. The second-order valence-electron chi connectivity index (χ2n) is 7.80. The van der Waals surface area contributed by atoms with Crippen LogP contribution >= 0.6 is 0 Å². The SMILES string of the molecule is O=C(NC1CCCCC1)c1ccc(F)c2ccn(Cc3ccc(OC(F)(F)F)cc3)c12. The van der Waals surface area contributed by atoms with Crippen molar-refractivity contribution in [2.24, 2.45) is 0 Å². The number of hydrogen-bond acceptors (Lipinski definition) is 2. The van der Waals surface area contributed by atoms with E-state index in [0.717, 1.165) is 25.7 Å². The molecule has 1 saturated carbocycles. The van der Waals surface area contributed by atoms with Crippen LogP contribution in [0.2, 0.25) is 0 Å². The number of alkyl halides is 3. The molecule has 3 aromatic rings. The molecule has 1 heterocycles. The smallest absolute Gasteiger partial charge is 0.406 e. The first kappa shape index (κ1) is 21.2. The van der Waals surface area contributed by atoms with E-state index in [0.29, 0.717) is 22.0 Å². The lowest BCUT2D eigenvalue weighted by atomic mass is 9.95. The van der Waals surface area contributed by atoms with Gasteiger partial charge < -0.3 is 14.6 Å². The van der Waals surface area contributed by atoms with Gasteiger partial charge in [-0.2, -0.15) is 0 Å². The van der Waals surface area contributed by atoms with Gasteiger partial charge in [-0.15, -0.1) is 13.2 Å². The van der Waals surface area contributed by atoms with Crippen LogP contribution in [0.4, 0.5) is 17.6 Å². The Morgan fingerprint density at radius 2 is 1.74 bits per heavy atom. The number of nitrogens with zero attached hydrogens (tertiary/aromatic N) is 1. The minimum atomic E-state index is -4.75. The van der Waals surface area contributed by atoms with Crippen molar-refractivity contribution in [3.63, 3.8) is 0 Å². The number of hydrogen-bond donors (Lipinski definition) is 1. The second-order valence-corrected chi connectivity index (χ2v) is 7.80. The van der Waals surface area contributed by atoms with E-state index in [1.807, 2.05) is 0 Å². The fourth-order valence-corrected chi connectivity index (χ4v) is 4.11. The first-order chi connectivity index (χ1) is 14.8. The zero-order valence-electron chi connectivity index (χ0n) is 16.7. The highest BCUT2D eigenvalue weighted by Gasteiger charge is 2.31. The normalized spacial score (nSPS) is 15.2. The van der Waals surface area contributed by atoms with Crippen LogP contribution in [0.15, 0.2) is 48.7 Å². The summed E-state index contributed by atoms with van der Waals surface area (Å²) in [5.41, 5.74) is 1.53. The summed E-state index contributed by atoms with van der Waals surface area (Å²) in [4.78, 5) is 12.9. The Morgan fingerprint density at radius 3 is 2.42 bits per heavy atom. The van der Waals surface area contributed by atoms with Crippen LogP contribution in [-0.2, 0) is 6.54 Å². The average molecular weight is 434 g/mol. The fourth-order valence-electron chi connectivity index (χ4n) is 4.11. The van der Waals surface area contributed by atoms with Crippen molar-refractivity contribution in [3.8, 4) is 5.75 Å². The molecule has 1 N–H and O–H groups in total. The molecule has 1 fully saturated rings. The summed E-state index contributed by atoms with van der Waals surface area (Å²) < 4.78 is 57.0. The number of carbonyl (C=O) groups is 1. The van der Waals surface area contributed by atoms with Crippen molar-refractivity contribution < 1.29 is 27.1 Å². The number of amides is 1. The van der Waals surface area contributed by atoms with Crippen LogP contribution < -0.4 is 10.1 Å². The standard InChI is InChI=1S/C23H22F4N2O2/c24-20-11-10-19(22(30)28-16-4-2-1-3-5-16)21-18(20)12-13-29(21)14-15-6-8-17(9-7-15)31-23(25,26)27/h6-13,16H,1-5,14H2,(H,28,30). The van der Waals surface area contributed by atoms with Gasteiger partial charge in [0.05, 0.1) is 11.1 Å². The highest BCUT2D eigenvalue weighted by atomic mass is 19.4. The van der Waals surface area contributed by atoms with E-state index in [2.05, 4.69) is 10.1 Å². The number of rotatable bonds is 5. The van der Waals surface area contributed by atoms with Crippen LogP contribution in [0.5, 0.6) is 5.75 Å². The number of ether oxygens (including phenoxy) is 1. The van der Waals surface area contributed by atoms with E-state index < -0.39 is 12.2 Å². The lowest BCUT2D eigenvalue weighted by Crippen LogP contribution is -2.36. The van der Waals surface area contributed by atoms with E-state index in [1.54, 1.807) is 16.8 Å². The number of nitrogens with one attached hydrogen (secondary N) is 1. The van der Waals surface area contributed by atoms with Crippen LogP contribution in [0.25, 0.3) is 10.9 Å². The van der Waals surface area contributed by atoms with Gasteiger partial charge in [-0.3, -0.25) is 4.79 Å². The van der Waals surface area contributed by atoms with Gasteiger partial charge in [0.15, 0.2) is 0 Å². The Balaban J connectivity index is 1.59. The van der Waals surface area contributed by atoms with Gasteiger partial charge in [0.2, 0.25) is 0 Å². The highest BCUT2D eigenvalue weighted by Crippen LogP contribution is 2.27. The summed E-state index contributed by atoms with van der Waals surface area (Å²) >= 11 is 0. The molecule has 4 nitrogen and oxygen atoms in total. The molecule has 1 aliphatic rings. The molecule has 0 radical (unpaired) electrons. The first-order valence-electron chi connectivity index (χ1n) is 10.2. The van der Waals surface area contributed by atoms with Gasteiger partial charge >= 0.3 is 6.36 Å². The second kappa shape index (κ2) is 8.61. The summed E-state index contributed by atoms with van der Waals surface area (Å²) in [6.07, 6.45) is 2.11. The Bertz CT molecular complexity index is 1070. The summed E-state index contributed by atoms with van der Waals surface area (Å²) in [6.45, 7) is 0.267. The summed E-state index contributed by atoms with van der Waals surface area (Å²) in [5.74, 6) is -0.991. The van der Waals surface area contributed by atoms with Gasteiger partial charge in [-0.1, -0.05) is 31.4 Å². The zero-order valence-corrected chi connectivity index (χ0v) is 16.7. The lowest BCUT2D eigenvalue weighted by molar-refractivity contribution is -0.274. The van der Waals surface area contributed by atoms with Crippen molar-refractivity contribution in [2.45, 2.75) is 51.1 Å². The van der Waals surface area contributed by atoms with Crippen molar-refractivity contribution in [3.05, 3.63) is 65.6 Å². The van der Waals surface area contributed by atoms with Crippen molar-refractivity contribution in [1.82, 2.24) is 9.88 Å². The molecule has 8 heteroatoms. The zero-order chi connectivity index (χ0) is 22.0. The van der Waals surface area contributed by atoms with E-state index in [1.165, 1.54) is 42.8 Å². The molecule has 1 aliphatic carbocycles. The molecule has 0 aliphatic heterocycles. The number of carbonyl (C=O) groups excluding carboxylic acids is 1. The molecule has 0 saturated heterocycles. The molecule has 31 heavy (non-hydrogen) atoms. The maximum absolute atomic E-state index is 14.4. The van der Waals surface area contributed by atoms with Crippen molar-refractivity contribution >= 4 is 16.8 Å². The molecule has 0 atom stereocenters. The molecule has 4 rings (SSSR count). The molecule has 0 bridgehead atoms. The molecule has 2 aromatic carbocycles. The maximum Gasteiger partial charge on any atom is 0.573 e. The van der Waals surface area contributed by atoms with Crippen LogP contribution in [0.1, 0.15) is 48.0 Å². The Labute approximate surface area is 176 Å². The molecular weight excluding hydrogens is 412 g/mol. The lowest BCUT2D eigenvalue weighted by Gasteiger charge is -2.23. The third-order valence-electron chi connectivity index (χ3n) is 5.57. The van der Waals surface area contributed by atoms with Gasteiger partial charge in [-0.05, 0) is 48.7 Å². The van der Waals surface area contributed by atoms with Gasteiger partial charge in [0.1, 0.15) is 11.6 Å². The minimum Gasteiger partial charge on any atom is -0.406 e. The minimum absolute atomic E-state index is 0.117. The third-order valence-corrected chi connectivity index (χ3v) is 5.57. The Morgan fingerprint density at radius 1 is 1.03 bits per heavy atom. The van der Waals surface area contributed by atoms with Gasteiger partial charge in [0, 0.05) is 24.2 Å².